The molecule has 10 heteroatoms. The first-order chi connectivity index (χ1) is 18.7. The molecule has 3 N–H and O–H groups in total. The highest BCUT2D eigenvalue weighted by molar-refractivity contribution is 5.89. The molecule has 0 atom stereocenters. The molecule has 4 rings (SSSR count). The van der Waals surface area contributed by atoms with Crippen LogP contribution in [0.3, 0.4) is 0 Å². The first-order valence-electron chi connectivity index (χ1n) is 12.9. The molecule has 2 heterocycles. The molecule has 2 aromatic heterocycles. The molecule has 0 aliphatic heterocycles. The van der Waals surface area contributed by atoms with Crippen molar-refractivity contribution < 1.29 is 9.47 Å². The minimum Gasteiger partial charge on any atom is -0.493 e. The van der Waals surface area contributed by atoms with Gasteiger partial charge in [0.25, 0.3) is 0 Å². The normalized spacial score (nSPS) is 11.0. The summed E-state index contributed by atoms with van der Waals surface area (Å²) in [7, 11) is 1.54. The lowest BCUT2D eigenvalue weighted by atomic mass is 10.1. The summed E-state index contributed by atoms with van der Waals surface area (Å²) in [5, 5.41) is 10.9. The SMILES string of the molecule is COCn1ccc(NCCNCCCOc2ccc3c(NCCCc4ccccc4)ncnc3c2)nc1=O. The molecule has 10 nitrogen and oxygen atoms in total. The molecule has 0 saturated carbocycles. The molecule has 2 aromatic carbocycles. The number of rotatable bonds is 16. The van der Waals surface area contributed by atoms with Crippen LogP contribution in [0.5, 0.6) is 5.75 Å². The van der Waals surface area contributed by atoms with Gasteiger partial charge in [0.1, 0.15) is 30.4 Å². The Morgan fingerprint density at radius 1 is 0.921 bits per heavy atom. The van der Waals surface area contributed by atoms with Crippen LogP contribution >= 0.6 is 0 Å². The third kappa shape index (κ3) is 8.25. The van der Waals surface area contributed by atoms with Crippen LogP contribution in [-0.2, 0) is 17.9 Å². The van der Waals surface area contributed by atoms with Gasteiger partial charge in [-0.2, -0.15) is 4.98 Å². The molecule has 38 heavy (non-hydrogen) atoms. The van der Waals surface area contributed by atoms with E-state index < -0.39 is 0 Å². The van der Waals surface area contributed by atoms with E-state index in [0.29, 0.717) is 19.0 Å². The van der Waals surface area contributed by atoms with Crippen molar-refractivity contribution in [3.05, 3.63) is 83.2 Å². The zero-order valence-electron chi connectivity index (χ0n) is 21.7. The topological polar surface area (TPSA) is 115 Å². The average molecular weight is 518 g/mol. The number of ether oxygens (including phenoxy) is 2. The summed E-state index contributed by atoms with van der Waals surface area (Å²) < 4.78 is 12.3. The maximum atomic E-state index is 11.8. The largest absolute Gasteiger partial charge is 0.493 e. The first kappa shape index (κ1) is 27.0. The van der Waals surface area contributed by atoms with E-state index in [2.05, 4.69) is 55.2 Å². The number of nitrogens with zero attached hydrogens (tertiary/aromatic N) is 4. The number of fused-ring (bicyclic) bond motifs is 1. The maximum absolute atomic E-state index is 11.8. The van der Waals surface area contributed by atoms with Crippen molar-refractivity contribution in [1.82, 2.24) is 24.8 Å². The van der Waals surface area contributed by atoms with E-state index >= 15 is 0 Å². The molecule has 0 aliphatic carbocycles. The summed E-state index contributed by atoms with van der Waals surface area (Å²) in [6, 6.07) is 18.2. The first-order valence-corrected chi connectivity index (χ1v) is 12.9. The number of anilines is 2. The monoisotopic (exact) mass is 517 g/mol. The fraction of sp³-hybridized carbons (Fsp3) is 0.357. The molecule has 200 valence electrons. The van der Waals surface area contributed by atoms with Crippen LogP contribution < -0.4 is 26.4 Å². The van der Waals surface area contributed by atoms with Gasteiger partial charge in [0, 0.05) is 44.4 Å². The molecule has 0 radical (unpaired) electrons. The van der Waals surface area contributed by atoms with Gasteiger partial charge in [0.15, 0.2) is 0 Å². The Kier molecular flexibility index (Phi) is 10.4. The number of benzene rings is 2. The highest BCUT2D eigenvalue weighted by Gasteiger charge is 2.05. The highest BCUT2D eigenvalue weighted by Crippen LogP contribution is 2.24. The molecule has 0 saturated heterocycles. The van der Waals surface area contributed by atoms with Gasteiger partial charge in [0.05, 0.1) is 12.1 Å². The average Bonchev–Trinajstić information content (AvgIpc) is 2.94. The highest BCUT2D eigenvalue weighted by atomic mass is 16.5. The predicted octanol–water partition coefficient (Wildman–Crippen LogP) is 3.31. The molecule has 4 aromatic rings. The molecule has 0 fully saturated rings. The van der Waals surface area contributed by atoms with Crippen molar-refractivity contribution in [3.8, 4) is 5.75 Å². The molecular formula is C28H35N7O3. The minimum atomic E-state index is -0.339. The van der Waals surface area contributed by atoms with Crippen molar-refractivity contribution in [2.75, 3.05) is 50.5 Å². The van der Waals surface area contributed by atoms with Crippen molar-refractivity contribution >= 4 is 22.5 Å². The molecule has 0 spiro atoms. The number of methoxy groups -OCH3 is 1. The van der Waals surface area contributed by atoms with E-state index in [1.54, 1.807) is 18.6 Å². The van der Waals surface area contributed by atoms with Gasteiger partial charge in [-0.3, -0.25) is 4.57 Å². The quantitative estimate of drug-likeness (QED) is 0.193. The molecule has 0 aliphatic rings. The number of hydrogen-bond donors (Lipinski definition) is 3. The third-order valence-corrected chi connectivity index (χ3v) is 5.90. The third-order valence-electron chi connectivity index (χ3n) is 5.90. The molecule has 0 unspecified atom stereocenters. The van der Waals surface area contributed by atoms with E-state index in [1.165, 1.54) is 17.2 Å². The van der Waals surface area contributed by atoms with Crippen LogP contribution in [0.15, 0.2) is 71.9 Å². The summed E-state index contributed by atoms with van der Waals surface area (Å²) in [6.07, 6.45) is 6.17. The van der Waals surface area contributed by atoms with Crippen molar-refractivity contribution in [2.24, 2.45) is 0 Å². The fourth-order valence-corrected chi connectivity index (χ4v) is 3.97. The number of hydrogen-bond acceptors (Lipinski definition) is 9. The zero-order valence-corrected chi connectivity index (χ0v) is 21.7. The van der Waals surface area contributed by atoms with Crippen LogP contribution in [0.25, 0.3) is 10.9 Å². The van der Waals surface area contributed by atoms with Gasteiger partial charge in [-0.25, -0.2) is 14.8 Å². The van der Waals surface area contributed by atoms with Crippen LogP contribution in [0.4, 0.5) is 11.6 Å². The lowest BCUT2D eigenvalue weighted by Gasteiger charge is -2.11. The summed E-state index contributed by atoms with van der Waals surface area (Å²) >= 11 is 0. The Morgan fingerprint density at radius 2 is 1.82 bits per heavy atom. The van der Waals surface area contributed by atoms with Crippen molar-refractivity contribution in [3.63, 3.8) is 0 Å². The summed E-state index contributed by atoms with van der Waals surface area (Å²) in [5.41, 5.74) is 1.86. The van der Waals surface area contributed by atoms with E-state index in [1.807, 2.05) is 24.3 Å². The van der Waals surface area contributed by atoms with Gasteiger partial charge in [0.2, 0.25) is 0 Å². The second-order valence-electron chi connectivity index (χ2n) is 8.78. The second-order valence-corrected chi connectivity index (χ2v) is 8.78. The van der Waals surface area contributed by atoms with E-state index in [9.17, 15) is 4.79 Å². The van der Waals surface area contributed by atoms with Crippen molar-refractivity contribution in [1.29, 1.82) is 0 Å². The van der Waals surface area contributed by atoms with Gasteiger partial charge in [-0.05, 0) is 49.6 Å². The zero-order chi connectivity index (χ0) is 26.4. The van der Waals surface area contributed by atoms with E-state index in [0.717, 1.165) is 61.4 Å². The van der Waals surface area contributed by atoms with Crippen LogP contribution in [0, 0.1) is 0 Å². The van der Waals surface area contributed by atoms with E-state index in [4.69, 9.17) is 9.47 Å². The second kappa shape index (κ2) is 14.7. The van der Waals surface area contributed by atoms with Gasteiger partial charge in [-0.1, -0.05) is 30.3 Å². The Balaban J connectivity index is 1.12. The van der Waals surface area contributed by atoms with Gasteiger partial charge < -0.3 is 25.4 Å². The smallest absolute Gasteiger partial charge is 0.351 e. The van der Waals surface area contributed by atoms with Crippen LogP contribution in [0.1, 0.15) is 18.4 Å². The minimum absolute atomic E-state index is 0.191. The van der Waals surface area contributed by atoms with E-state index in [-0.39, 0.29) is 12.4 Å². The summed E-state index contributed by atoms with van der Waals surface area (Å²) in [6.45, 7) is 3.86. The molecule has 0 amide bonds. The summed E-state index contributed by atoms with van der Waals surface area (Å²) in [5.74, 6) is 2.19. The van der Waals surface area contributed by atoms with Gasteiger partial charge >= 0.3 is 5.69 Å². The summed E-state index contributed by atoms with van der Waals surface area (Å²) in [4.78, 5) is 24.7. The number of nitrogens with one attached hydrogen (secondary N) is 3. The van der Waals surface area contributed by atoms with Crippen LogP contribution in [0.2, 0.25) is 0 Å². The standard InChI is InChI=1S/C28H35N7O3/c1-37-21-35-17-12-26(34-28(35)36)30-16-15-29-13-6-18-38-23-10-11-24-25(19-23)32-20-33-27(24)31-14-5-9-22-7-3-2-4-8-22/h2-4,7-8,10-12,17,19-20,29H,5-6,9,13-16,18,21H2,1H3,(H,30,34,36)(H,31,32,33). The van der Waals surface area contributed by atoms with Crippen LogP contribution in [-0.4, -0.2) is 59.4 Å². The Morgan fingerprint density at radius 3 is 2.66 bits per heavy atom. The Bertz CT molecular complexity index is 1330. The van der Waals surface area contributed by atoms with Gasteiger partial charge in [-0.15, -0.1) is 0 Å². The lowest BCUT2D eigenvalue weighted by Crippen LogP contribution is -2.27. The Labute approximate surface area is 222 Å². The maximum Gasteiger partial charge on any atom is 0.351 e. The number of aryl methyl sites for hydroxylation is 1. The predicted molar refractivity (Wildman–Crippen MR) is 150 cm³/mol. The molecular weight excluding hydrogens is 482 g/mol. The molecule has 0 bridgehead atoms. The number of aromatic nitrogens is 4. The Hall–Kier alpha value is -4.02. The fourth-order valence-electron chi connectivity index (χ4n) is 3.97. The lowest BCUT2D eigenvalue weighted by molar-refractivity contribution is 0.127. The van der Waals surface area contributed by atoms with Crippen molar-refractivity contribution in [2.45, 2.75) is 26.0 Å².